The van der Waals surface area contributed by atoms with Crippen LogP contribution in [0.4, 0.5) is 10.8 Å². The molecule has 1 aliphatic heterocycles. The lowest BCUT2D eigenvalue weighted by Gasteiger charge is -2.33. The van der Waals surface area contributed by atoms with Crippen molar-refractivity contribution in [3.8, 4) is 0 Å². The Labute approximate surface area is 183 Å². The fourth-order valence-electron chi connectivity index (χ4n) is 3.71. The number of aryl methyl sites for hydroxylation is 1. The number of rotatable bonds is 8. The molecule has 2 heterocycles. The van der Waals surface area contributed by atoms with Crippen molar-refractivity contribution in [1.29, 1.82) is 0 Å². The van der Waals surface area contributed by atoms with Crippen molar-refractivity contribution in [2.75, 3.05) is 31.5 Å². The SMILES string of the molecule is CCCCN(CC)C(=O)C1CCN(C(=O)c2csc(Nc3ccc(C)cc3)n2)CC1. The molecule has 162 valence electrons. The van der Waals surface area contributed by atoms with Gasteiger partial charge in [-0.2, -0.15) is 0 Å². The summed E-state index contributed by atoms with van der Waals surface area (Å²) in [4.78, 5) is 33.9. The Morgan fingerprint density at radius 3 is 2.53 bits per heavy atom. The summed E-state index contributed by atoms with van der Waals surface area (Å²) in [5, 5.41) is 5.77. The molecule has 6 nitrogen and oxygen atoms in total. The maximum atomic E-state index is 12.9. The second-order valence-corrected chi connectivity index (χ2v) is 8.72. The molecule has 1 saturated heterocycles. The minimum atomic E-state index is -0.0487. The first-order valence-corrected chi connectivity index (χ1v) is 11.8. The van der Waals surface area contributed by atoms with Gasteiger partial charge >= 0.3 is 0 Å². The quantitative estimate of drug-likeness (QED) is 0.662. The standard InChI is InChI=1S/C23H32N4O2S/c1-4-6-13-26(5-2)21(28)18-11-14-27(15-12-18)22(29)20-16-30-23(25-20)24-19-9-7-17(3)8-10-19/h7-10,16,18H,4-6,11-15H2,1-3H3,(H,24,25). The molecule has 7 heteroatoms. The van der Waals surface area contributed by atoms with Gasteiger partial charge in [0.15, 0.2) is 5.13 Å². The summed E-state index contributed by atoms with van der Waals surface area (Å²) in [6.45, 7) is 9.04. The van der Waals surface area contributed by atoms with Crippen molar-refractivity contribution >= 4 is 34.0 Å². The largest absolute Gasteiger partial charge is 0.343 e. The van der Waals surface area contributed by atoms with Crippen molar-refractivity contribution in [2.24, 2.45) is 5.92 Å². The van der Waals surface area contributed by atoms with Gasteiger partial charge in [0.2, 0.25) is 5.91 Å². The van der Waals surface area contributed by atoms with Crippen molar-refractivity contribution in [3.05, 3.63) is 40.9 Å². The van der Waals surface area contributed by atoms with E-state index in [-0.39, 0.29) is 17.7 Å². The van der Waals surface area contributed by atoms with Crippen molar-refractivity contribution < 1.29 is 9.59 Å². The highest BCUT2D eigenvalue weighted by molar-refractivity contribution is 7.14. The highest BCUT2D eigenvalue weighted by Crippen LogP contribution is 2.25. The van der Waals surface area contributed by atoms with Gasteiger partial charge in [-0.15, -0.1) is 11.3 Å². The summed E-state index contributed by atoms with van der Waals surface area (Å²) in [5.41, 5.74) is 2.62. The van der Waals surface area contributed by atoms with Crippen LogP contribution in [-0.2, 0) is 4.79 Å². The summed E-state index contributed by atoms with van der Waals surface area (Å²) in [7, 11) is 0. The third-order valence-corrected chi connectivity index (χ3v) is 6.39. The first kappa shape index (κ1) is 22.3. The predicted octanol–water partition coefficient (Wildman–Crippen LogP) is 4.70. The Bertz CT molecular complexity index is 841. The van der Waals surface area contributed by atoms with E-state index in [0.717, 1.165) is 44.5 Å². The average molecular weight is 429 g/mol. The molecule has 1 aliphatic rings. The number of amides is 2. The van der Waals surface area contributed by atoms with Gasteiger partial charge in [-0.3, -0.25) is 9.59 Å². The van der Waals surface area contributed by atoms with Crippen LogP contribution in [0.3, 0.4) is 0 Å². The number of anilines is 2. The van der Waals surface area contributed by atoms with Gasteiger partial charge in [0, 0.05) is 43.2 Å². The number of carbonyl (C=O) groups is 2. The Morgan fingerprint density at radius 2 is 1.90 bits per heavy atom. The predicted molar refractivity (Wildman–Crippen MR) is 122 cm³/mol. The lowest BCUT2D eigenvalue weighted by Crippen LogP contribution is -2.44. The fourth-order valence-corrected chi connectivity index (χ4v) is 4.42. The first-order valence-electron chi connectivity index (χ1n) is 10.9. The van der Waals surface area contributed by atoms with Crippen LogP contribution in [0.2, 0.25) is 0 Å². The fraction of sp³-hybridized carbons (Fsp3) is 0.522. The first-order chi connectivity index (χ1) is 14.5. The lowest BCUT2D eigenvalue weighted by molar-refractivity contribution is -0.136. The molecule has 2 aromatic rings. The molecular weight excluding hydrogens is 396 g/mol. The maximum Gasteiger partial charge on any atom is 0.273 e. The second-order valence-electron chi connectivity index (χ2n) is 7.87. The molecule has 0 unspecified atom stereocenters. The summed E-state index contributed by atoms with van der Waals surface area (Å²) < 4.78 is 0. The smallest absolute Gasteiger partial charge is 0.273 e. The number of thiazole rings is 1. The zero-order valence-corrected chi connectivity index (χ0v) is 19.0. The molecule has 2 amide bonds. The number of benzene rings is 1. The Hall–Kier alpha value is -2.41. The van der Waals surface area contributed by atoms with Crippen LogP contribution in [0.5, 0.6) is 0 Å². The van der Waals surface area contributed by atoms with Gasteiger partial charge in [0.1, 0.15) is 5.69 Å². The molecule has 0 saturated carbocycles. The summed E-state index contributed by atoms with van der Waals surface area (Å²) in [5.74, 6) is 0.226. The van der Waals surface area contributed by atoms with E-state index in [1.807, 2.05) is 47.9 Å². The van der Waals surface area contributed by atoms with Crippen molar-refractivity contribution in [2.45, 2.75) is 46.5 Å². The van der Waals surface area contributed by atoms with Crippen molar-refractivity contribution in [3.63, 3.8) is 0 Å². The van der Waals surface area contributed by atoms with Crippen molar-refractivity contribution in [1.82, 2.24) is 14.8 Å². The van der Waals surface area contributed by atoms with Crippen LogP contribution in [-0.4, -0.2) is 52.8 Å². The number of carbonyl (C=O) groups excluding carboxylic acids is 2. The minimum Gasteiger partial charge on any atom is -0.343 e. The maximum absolute atomic E-state index is 12.9. The molecule has 1 fully saturated rings. The van der Waals surface area contributed by atoms with Gasteiger partial charge in [0.05, 0.1) is 0 Å². The number of hydrogen-bond donors (Lipinski definition) is 1. The van der Waals surface area contributed by atoms with E-state index < -0.39 is 0 Å². The molecular formula is C23H32N4O2S. The molecule has 0 aliphatic carbocycles. The highest BCUT2D eigenvalue weighted by Gasteiger charge is 2.30. The summed E-state index contributed by atoms with van der Waals surface area (Å²) in [6, 6.07) is 8.07. The van der Waals surface area contributed by atoms with Crippen LogP contribution in [0.25, 0.3) is 0 Å². The monoisotopic (exact) mass is 428 g/mol. The number of aromatic nitrogens is 1. The van der Waals surface area contributed by atoms with Crippen LogP contribution < -0.4 is 5.32 Å². The molecule has 3 rings (SSSR count). The van der Waals surface area contributed by atoms with E-state index >= 15 is 0 Å². The van der Waals surface area contributed by atoms with Gasteiger partial charge < -0.3 is 15.1 Å². The average Bonchev–Trinajstić information content (AvgIpc) is 3.24. The van der Waals surface area contributed by atoms with E-state index in [2.05, 4.69) is 17.2 Å². The minimum absolute atomic E-state index is 0.0278. The molecule has 1 aromatic heterocycles. The molecule has 1 aromatic carbocycles. The molecule has 0 radical (unpaired) electrons. The van der Waals surface area contributed by atoms with E-state index in [1.165, 1.54) is 16.9 Å². The lowest BCUT2D eigenvalue weighted by atomic mass is 9.95. The van der Waals surface area contributed by atoms with Gasteiger partial charge in [0.25, 0.3) is 5.91 Å². The van der Waals surface area contributed by atoms with E-state index in [0.29, 0.717) is 23.9 Å². The van der Waals surface area contributed by atoms with E-state index in [9.17, 15) is 9.59 Å². The van der Waals surface area contributed by atoms with Gasteiger partial charge in [-0.1, -0.05) is 31.0 Å². The molecule has 0 atom stereocenters. The van der Waals surface area contributed by atoms with E-state index in [4.69, 9.17) is 0 Å². The number of nitrogens with one attached hydrogen (secondary N) is 1. The van der Waals surface area contributed by atoms with Crippen LogP contribution in [0, 0.1) is 12.8 Å². The second kappa shape index (κ2) is 10.6. The highest BCUT2D eigenvalue weighted by atomic mass is 32.1. The number of likely N-dealkylation sites (tertiary alicyclic amines) is 1. The Balaban J connectivity index is 1.53. The number of piperidine rings is 1. The summed E-state index contributed by atoms with van der Waals surface area (Å²) >= 11 is 1.43. The number of hydrogen-bond acceptors (Lipinski definition) is 5. The zero-order valence-electron chi connectivity index (χ0n) is 18.2. The van der Waals surface area contributed by atoms with E-state index in [1.54, 1.807) is 5.38 Å². The number of nitrogens with zero attached hydrogens (tertiary/aromatic N) is 3. The third-order valence-electron chi connectivity index (χ3n) is 5.63. The molecule has 30 heavy (non-hydrogen) atoms. The Kier molecular flexibility index (Phi) is 7.85. The topological polar surface area (TPSA) is 65.5 Å². The third kappa shape index (κ3) is 5.59. The molecule has 0 spiro atoms. The Morgan fingerprint density at radius 1 is 1.20 bits per heavy atom. The molecule has 0 bridgehead atoms. The van der Waals surface area contributed by atoms with Crippen LogP contribution in [0.15, 0.2) is 29.6 Å². The van der Waals surface area contributed by atoms with Gasteiger partial charge in [-0.05, 0) is 45.2 Å². The van der Waals surface area contributed by atoms with Crippen LogP contribution >= 0.6 is 11.3 Å². The normalized spacial score (nSPS) is 14.6. The number of unbranched alkanes of at least 4 members (excludes halogenated alkanes) is 1. The van der Waals surface area contributed by atoms with Gasteiger partial charge in [-0.25, -0.2) is 4.98 Å². The van der Waals surface area contributed by atoms with Crippen LogP contribution in [0.1, 0.15) is 55.6 Å². The zero-order chi connectivity index (χ0) is 21.5. The summed E-state index contributed by atoms with van der Waals surface area (Å²) in [6.07, 6.45) is 3.59. The molecule has 1 N–H and O–H groups in total.